The summed E-state index contributed by atoms with van der Waals surface area (Å²) in [6.45, 7) is 10.6. The van der Waals surface area contributed by atoms with Crippen LogP contribution in [0.5, 0.6) is 0 Å². The highest BCUT2D eigenvalue weighted by molar-refractivity contribution is 7.89. The first kappa shape index (κ1) is 24.7. The molecule has 0 aliphatic heterocycles. The van der Waals surface area contributed by atoms with Crippen LogP contribution in [0.3, 0.4) is 0 Å². The standard InChI is InChI=1S/C23H28FNO5S/c1-7-25(8-2)31(28,29)18-9-10-21(24)19(12-18)23(27)30-13-20-14(3)11-15(4)22(16(20)5)17(6)26/h9-12H,7-8,13H2,1-6H3. The second-order valence-electron chi connectivity index (χ2n) is 7.35. The van der Waals surface area contributed by atoms with E-state index in [1.54, 1.807) is 20.8 Å². The number of ketones is 1. The van der Waals surface area contributed by atoms with Crippen LogP contribution in [0.4, 0.5) is 4.39 Å². The minimum absolute atomic E-state index is 0.0945. The van der Waals surface area contributed by atoms with Crippen LogP contribution < -0.4 is 0 Å². The number of rotatable bonds is 8. The zero-order valence-electron chi connectivity index (χ0n) is 18.7. The van der Waals surface area contributed by atoms with Gasteiger partial charge in [-0.05, 0) is 68.1 Å². The number of esters is 1. The van der Waals surface area contributed by atoms with E-state index in [9.17, 15) is 22.4 Å². The van der Waals surface area contributed by atoms with Crippen LogP contribution in [0, 0.1) is 26.6 Å². The predicted molar refractivity (Wildman–Crippen MR) is 116 cm³/mol. The number of Topliss-reactive ketones (excluding diaryl/α,β-unsaturated/α-hetero) is 1. The second-order valence-corrected chi connectivity index (χ2v) is 9.29. The molecule has 2 aromatic carbocycles. The highest BCUT2D eigenvalue weighted by Crippen LogP contribution is 2.25. The Hall–Kier alpha value is -2.58. The van der Waals surface area contributed by atoms with Crippen molar-refractivity contribution in [3.05, 3.63) is 63.5 Å². The molecule has 168 valence electrons. The van der Waals surface area contributed by atoms with Crippen LogP contribution in [0.15, 0.2) is 29.2 Å². The van der Waals surface area contributed by atoms with E-state index in [4.69, 9.17) is 4.74 Å². The maximum Gasteiger partial charge on any atom is 0.341 e. The van der Waals surface area contributed by atoms with Gasteiger partial charge in [0.15, 0.2) is 5.78 Å². The molecule has 0 fully saturated rings. The lowest BCUT2D eigenvalue weighted by atomic mass is 9.92. The van der Waals surface area contributed by atoms with Crippen molar-refractivity contribution in [1.82, 2.24) is 4.31 Å². The first-order valence-corrected chi connectivity index (χ1v) is 11.5. The molecule has 0 aliphatic rings. The van der Waals surface area contributed by atoms with E-state index in [1.807, 2.05) is 19.9 Å². The van der Waals surface area contributed by atoms with Crippen molar-refractivity contribution in [2.75, 3.05) is 13.1 Å². The number of aryl methyl sites for hydroxylation is 2. The Morgan fingerprint density at radius 2 is 1.65 bits per heavy atom. The third kappa shape index (κ3) is 5.02. The lowest BCUT2D eigenvalue weighted by Gasteiger charge is -2.19. The number of ether oxygens (including phenoxy) is 1. The SMILES string of the molecule is CCN(CC)S(=O)(=O)c1ccc(F)c(C(=O)OCc2c(C)cc(C)c(C(C)=O)c2C)c1. The number of benzene rings is 2. The van der Waals surface area contributed by atoms with Gasteiger partial charge in [0.1, 0.15) is 12.4 Å². The molecule has 0 aromatic heterocycles. The van der Waals surface area contributed by atoms with Gasteiger partial charge in [-0.2, -0.15) is 4.31 Å². The summed E-state index contributed by atoms with van der Waals surface area (Å²) in [5.41, 5.74) is 3.15. The monoisotopic (exact) mass is 449 g/mol. The quantitative estimate of drug-likeness (QED) is 0.442. The van der Waals surface area contributed by atoms with Crippen molar-refractivity contribution < 1.29 is 27.1 Å². The molecule has 2 rings (SSSR count). The lowest BCUT2D eigenvalue weighted by molar-refractivity contribution is 0.0466. The molecule has 0 saturated carbocycles. The number of halogens is 1. The second kappa shape index (κ2) is 9.70. The number of carbonyl (C=O) groups excluding carboxylic acids is 2. The zero-order valence-corrected chi connectivity index (χ0v) is 19.5. The van der Waals surface area contributed by atoms with Gasteiger partial charge in [0, 0.05) is 18.7 Å². The molecular formula is C23H28FNO5S. The van der Waals surface area contributed by atoms with Crippen molar-refractivity contribution in [1.29, 1.82) is 0 Å². The topological polar surface area (TPSA) is 80.8 Å². The molecule has 0 aliphatic carbocycles. The Bertz CT molecular complexity index is 1120. The average Bonchev–Trinajstić information content (AvgIpc) is 2.67. The van der Waals surface area contributed by atoms with Gasteiger partial charge in [0.05, 0.1) is 10.5 Å². The van der Waals surface area contributed by atoms with Crippen LogP contribution in [-0.2, 0) is 21.4 Å². The van der Waals surface area contributed by atoms with Crippen molar-refractivity contribution in [3.8, 4) is 0 Å². The number of sulfonamides is 1. The summed E-state index contributed by atoms with van der Waals surface area (Å²) in [5.74, 6) is -1.94. The van der Waals surface area contributed by atoms with E-state index in [0.717, 1.165) is 29.3 Å². The first-order chi connectivity index (χ1) is 14.4. The summed E-state index contributed by atoms with van der Waals surface area (Å²) in [6.07, 6.45) is 0. The summed E-state index contributed by atoms with van der Waals surface area (Å²) >= 11 is 0. The third-order valence-corrected chi connectivity index (χ3v) is 7.38. The van der Waals surface area contributed by atoms with Gasteiger partial charge < -0.3 is 4.74 Å². The van der Waals surface area contributed by atoms with Crippen molar-refractivity contribution in [3.63, 3.8) is 0 Å². The Kier molecular flexibility index (Phi) is 7.72. The van der Waals surface area contributed by atoms with E-state index in [-0.39, 0.29) is 30.4 Å². The van der Waals surface area contributed by atoms with Crippen LogP contribution in [0.2, 0.25) is 0 Å². The smallest absolute Gasteiger partial charge is 0.341 e. The molecular weight excluding hydrogens is 421 g/mol. The van der Waals surface area contributed by atoms with Crippen molar-refractivity contribution in [2.24, 2.45) is 0 Å². The Morgan fingerprint density at radius 3 is 2.19 bits per heavy atom. The number of hydrogen-bond acceptors (Lipinski definition) is 5. The van der Waals surface area contributed by atoms with Crippen LogP contribution in [0.1, 0.15) is 63.7 Å². The minimum Gasteiger partial charge on any atom is -0.457 e. The molecule has 31 heavy (non-hydrogen) atoms. The molecule has 0 amide bonds. The molecule has 0 heterocycles. The van der Waals surface area contributed by atoms with Crippen LogP contribution >= 0.6 is 0 Å². The molecule has 0 radical (unpaired) electrons. The van der Waals surface area contributed by atoms with Gasteiger partial charge in [-0.1, -0.05) is 19.9 Å². The fourth-order valence-electron chi connectivity index (χ4n) is 3.74. The largest absolute Gasteiger partial charge is 0.457 e. The summed E-state index contributed by atoms with van der Waals surface area (Å²) in [6, 6.07) is 4.92. The number of hydrogen-bond donors (Lipinski definition) is 0. The highest BCUT2D eigenvalue weighted by atomic mass is 32.2. The molecule has 2 aromatic rings. The van der Waals surface area contributed by atoms with Crippen molar-refractivity contribution >= 4 is 21.8 Å². The Balaban J connectivity index is 2.36. The van der Waals surface area contributed by atoms with E-state index in [2.05, 4.69) is 0 Å². The molecule has 0 unspecified atom stereocenters. The first-order valence-electron chi connectivity index (χ1n) is 10.0. The maximum atomic E-state index is 14.3. The van der Waals surface area contributed by atoms with Gasteiger partial charge >= 0.3 is 5.97 Å². The lowest BCUT2D eigenvalue weighted by Crippen LogP contribution is -2.30. The molecule has 0 N–H and O–H groups in total. The van der Waals surface area contributed by atoms with Gasteiger partial charge in [-0.15, -0.1) is 0 Å². The molecule has 0 spiro atoms. The van der Waals surface area contributed by atoms with Crippen LogP contribution in [0.25, 0.3) is 0 Å². The number of nitrogens with zero attached hydrogens (tertiary/aromatic N) is 1. The summed E-state index contributed by atoms with van der Waals surface area (Å²) in [5, 5.41) is 0. The molecule has 6 nitrogen and oxygen atoms in total. The number of carbonyl (C=O) groups is 2. The third-order valence-electron chi connectivity index (χ3n) is 5.33. The zero-order chi connectivity index (χ0) is 23.5. The van der Waals surface area contributed by atoms with E-state index in [1.165, 1.54) is 11.2 Å². The van der Waals surface area contributed by atoms with Crippen LogP contribution in [-0.4, -0.2) is 37.6 Å². The molecule has 0 saturated heterocycles. The fraction of sp³-hybridized carbons (Fsp3) is 0.391. The molecule has 0 atom stereocenters. The highest BCUT2D eigenvalue weighted by Gasteiger charge is 2.25. The summed E-state index contributed by atoms with van der Waals surface area (Å²) in [4.78, 5) is 24.4. The Morgan fingerprint density at radius 1 is 1.03 bits per heavy atom. The summed E-state index contributed by atoms with van der Waals surface area (Å²) < 4.78 is 46.3. The summed E-state index contributed by atoms with van der Waals surface area (Å²) in [7, 11) is -3.85. The van der Waals surface area contributed by atoms with Gasteiger partial charge in [-0.3, -0.25) is 4.79 Å². The van der Waals surface area contributed by atoms with Crippen molar-refractivity contribution in [2.45, 2.75) is 53.0 Å². The van der Waals surface area contributed by atoms with E-state index < -0.39 is 27.4 Å². The Labute approximate surface area is 183 Å². The van der Waals surface area contributed by atoms with Gasteiger partial charge in [0.2, 0.25) is 10.0 Å². The fourth-order valence-corrected chi connectivity index (χ4v) is 5.22. The predicted octanol–water partition coefficient (Wildman–Crippen LogP) is 4.34. The van der Waals surface area contributed by atoms with E-state index >= 15 is 0 Å². The van der Waals surface area contributed by atoms with Gasteiger partial charge in [0.25, 0.3) is 0 Å². The van der Waals surface area contributed by atoms with E-state index in [0.29, 0.717) is 16.7 Å². The normalized spacial score (nSPS) is 11.6. The molecule has 8 heteroatoms. The minimum atomic E-state index is -3.85. The average molecular weight is 450 g/mol. The maximum absolute atomic E-state index is 14.3. The molecule has 0 bridgehead atoms. The van der Waals surface area contributed by atoms with Gasteiger partial charge in [-0.25, -0.2) is 17.6 Å².